The number of nitrogens with two attached hydrogens (primary N) is 1. The zero-order chi connectivity index (χ0) is 12.8. The maximum atomic E-state index is 5.74. The van der Waals surface area contributed by atoms with E-state index in [2.05, 4.69) is 4.90 Å². The largest absolute Gasteiger partial charge is 0.492 e. The van der Waals surface area contributed by atoms with Gasteiger partial charge >= 0.3 is 0 Å². The van der Waals surface area contributed by atoms with E-state index >= 15 is 0 Å². The Morgan fingerprint density at radius 1 is 1.39 bits per heavy atom. The second kappa shape index (κ2) is 6.97. The van der Waals surface area contributed by atoms with Crippen molar-refractivity contribution in [2.24, 2.45) is 5.73 Å². The van der Waals surface area contributed by atoms with Gasteiger partial charge in [-0.05, 0) is 12.1 Å². The van der Waals surface area contributed by atoms with Gasteiger partial charge in [0.25, 0.3) is 0 Å². The molecule has 1 heterocycles. The number of hydrogen-bond acceptors (Lipinski definition) is 4. The van der Waals surface area contributed by atoms with E-state index in [-0.39, 0.29) is 0 Å². The molecule has 1 aromatic carbocycles. The number of nitrogens with zero attached hydrogens (tertiary/aromatic N) is 1. The zero-order valence-corrected chi connectivity index (χ0v) is 11.9. The fourth-order valence-electron chi connectivity index (χ4n) is 1.86. The van der Waals surface area contributed by atoms with Gasteiger partial charge < -0.3 is 10.5 Å². The van der Waals surface area contributed by atoms with E-state index in [0.717, 1.165) is 17.9 Å². The van der Waals surface area contributed by atoms with E-state index in [4.69, 9.17) is 22.7 Å². The first-order valence-corrected chi connectivity index (χ1v) is 7.65. The average molecular weight is 282 g/mol. The third kappa shape index (κ3) is 4.15. The lowest BCUT2D eigenvalue weighted by Gasteiger charge is -2.25. The first-order valence-electron chi connectivity index (χ1n) is 6.08. The molecule has 0 atom stereocenters. The molecule has 18 heavy (non-hydrogen) atoms. The third-order valence-electron chi connectivity index (χ3n) is 2.90. The third-order valence-corrected chi connectivity index (χ3v) is 4.08. The van der Waals surface area contributed by atoms with Crippen molar-refractivity contribution in [3.05, 3.63) is 29.8 Å². The summed E-state index contributed by atoms with van der Waals surface area (Å²) in [6.45, 7) is 4.03. The number of ether oxygens (including phenoxy) is 1. The van der Waals surface area contributed by atoms with Crippen LogP contribution in [0.25, 0.3) is 0 Å². The fraction of sp³-hybridized carbons (Fsp3) is 0.462. The van der Waals surface area contributed by atoms with E-state index in [1.165, 1.54) is 24.6 Å². The molecule has 0 aromatic heterocycles. The Morgan fingerprint density at radius 3 is 2.89 bits per heavy atom. The van der Waals surface area contributed by atoms with Crippen molar-refractivity contribution in [2.75, 3.05) is 37.7 Å². The second-order valence-electron chi connectivity index (χ2n) is 4.19. The van der Waals surface area contributed by atoms with Crippen LogP contribution in [0.1, 0.15) is 5.56 Å². The topological polar surface area (TPSA) is 38.5 Å². The summed E-state index contributed by atoms with van der Waals surface area (Å²) < 4.78 is 5.74. The summed E-state index contributed by atoms with van der Waals surface area (Å²) in [6.07, 6.45) is 0. The molecule has 0 unspecified atom stereocenters. The number of rotatable bonds is 5. The summed E-state index contributed by atoms with van der Waals surface area (Å²) in [5.74, 6) is 3.31. The molecule has 98 valence electrons. The van der Waals surface area contributed by atoms with Crippen LogP contribution in [0.15, 0.2) is 24.3 Å². The normalized spacial score (nSPS) is 16.4. The summed E-state index contributed by atoms with van der Waals surface area (Å²) in [5.41, 5.74) is 6.45. The van der Waals surface area contributed by atoms with Crippen LogP contribution in [0.2, 0.25) is 0 Å². The van der Waals surface area contributed by atoms with Crippen LogP contribution in [-0.2, 0) is 0 Å². The molecule has 2 N–H and O–H groups in total. The van der Waals surface area contributed by atoms with Crippen molar-refractivity contribution < 1.29 is 4.74 Å². The molecule has 3 nitrogen and oxygen atoms in total. The number of hydrogen-bond donors (Lipinski definition) is 1. The van der Waals surface area contributed by atoms with Crippen molar-refractivity contribution in [1.82, 2.24) is 4.90 Å². The Balaban J connectivity index is 1.78. The molecule has 1 aromatic rings. The summed E-state index contributed by atoms with van der Waals surface area (Å²) in [6, 6.07) is 7.65. The molecule has 1 saturated heterocycles. The monoisotopic (exact) mass is 282 g/mol. The van der Waals surface area contributed by atoms with Crippen molar-refractivity contribution >= 4 is 29.0 Å². The molecular formula is C13H18N2OS2. The van der Waals surface area contributed by atoms with Crippen molar-refractivity contribution in [1.29, 1.82) is 0 Å². The van der Waals surface area contributed by atoms with Gasteiger partial charge in [0.05, 0.1) is 0 Å². The highest BCUT2D eigenvalue weighted by atomic mass is 32.2. The first-order chi connectivity index (χ1) is 8.75. The Kier molecular flexibility index (Phi) is 5.28. The summed E-state index contributed by atoms with van der Waals surface area (Å²) in [5, 5.41) is 0. The molecule has 1 aliphatic heterocycles. The van der Waals surface area contributed by atoms with Crippen LogP contribution in [0.4, 0.5) is 0 Å². The minimum atomic E-state index is 0.411. The van der Waals surface area contributed by atoms with Crippen LogP contribution in [-0.4, -0.2) is 47.6 Å². The molecule has 0 spiro atoms. The molecular weight excluding hydrogens is 264 g/mol. The lowest BCUT2D eigenvalue weighted by atomic mass is 10.2. The van der Waals surface area contributed by atoms with Gasteiger partial charge in [-0.1, -0.05) is 24.4 Å². The number of thioether (sulfide) groups is 1. The molecule has 0 bridgehead atoms. The minimum absolute atomic E-state index is 0.411. The highest BCUT2D eigenvalue weighted by Gasteiger charge is 2.09. The Hall–Kier alpha value is -0.780. The summed E-state index contributed by atoms with van der Waals surface area (Å²) in [4.78, 5) is 2.85. The van der Waals surface area contributed by atoms with Gasteiger partial charge in [0.15, 0.2) is 0 Å². The zero-order valence-electron chi connectivity index (χ0n) is 10.3. The van der Waals surface area contributed by atoms with E-state index in [1.54, 1.807) is 0 Å². The lowest BCUT2D eigenvalue weighted by molar-refractivity contribution is 0.222. The van der Waals surface area contributed by atoms with Gasteiger partial charge in [-0.2, -0.15) is 11.8 Å². The van der Waals surface area contributed by atoms with Gasteiger partial charge in [-0.15, -0.1) is 0 Å². The molecule has 0 amide bonds. The molecule has 0 radical (unpaired) electrons. The summed E-state index contributed by atoms with van der Waals surface area (Å²) in [7, 11) is 0. The Labute approximate surface area is 118 Å². The van der Waals surface area contributed by atoms with Crippen molar-refractivity contribution in [3.8, 4) is 5.75 Å². The molecule has 2 rings (SSSR count). The molecule has 1 aliphatic rings. The van der Waals surface area contributed by atoms with Crippen LogP contribution in [0.3, 0.4) is 0 Å². The highest BCUT2D eigenvalue weighted by Crippen LogP contribution is 2.14. The van der Waals surface area contributed by atoms with E-state index < -0.39 is 0 Å². The quantitative estimate of drug-likeness (QED) is 0.833. The lowest BCUT2D eigenvalue weighted by Crippen LogP contribution is -2.35. The predicted molar refractivity (Wildman–Crippen MR) is 81.6 cm³/mol. The van der Waals surface area contributed by atoms with E-state index in [1.807, 2.05) is 36.0 Å². The molecule has 1 fully saturated rings. The van der Waals surface area contributed by atoms with Gasteiger partial charge in [-0.3, -0.25) is 4.90 Å². The van der Waals surface area contributed by atoms with Crippen LogP contribution in [0, 0.1) is 0 Å². The van der Waals surface area contributed by atoms with Crippen molar-refractivity contribution in [3.63, 3.8) is 0 Å². The van der Waals surface area contributed by atoms with Gasteiger partial charge in [0.2, 0.25) is 0 Å². The second-order valence-corrected chi connectivity index (χ2v) is 5.86. The molecule has 5 heteroatoms. The van der Waals surface area contributed by atoms with E-state index in [0.29, 0.717) is 11.6 Å². The van der Waals surface area contributed by atoms with Gasteiger partial charge in [0.1, 0.15) is 17.3 Å². The predicted octanol–water partition coefficient (Wildman–Crippen LogP) is 1.75. The van der Waals surface area contributed by atoms with Gasteiger partial charge in [0, 0.05) is 36.7 Å². The first kappa shape index (κ1) is 13.6. The average Bonchev–Trinajstić information content (AvgIpc) is 2.40. The van der Waals surface area contributed by atoms with Crippen LogP contribution >= 0.6 is 24.0 Å². The van der Waals surface area contributed by atoms with Crippen LogP contribution in [0.5, 0.6) is 5.75 Å². The van der Waals surface area contributed by atoms with Crippen LogP contribution < -0.4 is 10.5 Å². The Morgan fingerprint density at radius 2 is 2.17 bits per heavy atom. The fourth-order valence-corrected chi connectivity index (χ4v) is 2.96. The molecule has 0 aliphatic carbocycles. The standard InChI is InChI=1S/C13H18N2OS2/c14-13(17)11-2-1-3-12(10-11)16-7-4-15-5-8-18-9-6-15/h1-3,10H,4-9H2,(H2,14,17). The number of benzene rings is 1. The SMILES string of the molecule is NC(=S)c1cccc(OCCN2CCSCC2)c1. The molecule has 0 saturated carbocycles. The maximum Gasteiger partial charge on any atom is 0.120 e. The van der Waals surface area contributed by atoms with E-state index in [9.17, 15) is 0 Å². The van der Waals surface area contributed by atoms with Gasteiger partial charge in [-0.25, -0.2) is 0 Å². The maximum absolute atomic E-state index is 5.74. The highest BCUT2D eigenvalue weighted by molar-refractivity contribution is 7.99. The smallest absolute Gasteiger partial charge is 0.120 e. The number of thiocarbonyl (C=S) groups is 1. The summed E-state index contributed by atoms with van der Waals surface area (Å²) >= 11 is 6.97. The minimum Gasteiger partial charge on any atom is -0.492 e. The Bertz CT molecular complexity index is 406. The van der Waals surface area contributed by atoms with Crippen molar-refractivity contribution in [2.45, 2.75) is 0 Å².